The van der Waals surface area contributed by atoms with Gasteiger partial charge in [-0.1, -0.05) is 24.3 Å². The highest BCUT2D eigenvalue weighted by molar-refractivity contribution is 5.50. The third-order valence-electron chi connectivity index (χ3n) is 2.56. The Morgan fingerprint density at radius 2 is 2.00 bits per heavy atom. The number of ether oxygens (including phenoxy) is 1. The number of rotatable bonds is 6. The van der Waals surface area contributed by atoms with E-state index < -0.39 is 0 Å². The maximum Gasteiger partial charge on any atom is 0.120 e. The molecule has 0 aliphatic carbocycles. The summed E-state index contributed by atoms with van der Waals surface area (Å²) >= 11 is 0. The van der Waals surface area contributed by atoms with Crippen LogP contribution in [0.2, 0.25) is 0 Å². The maximum atomic E-state index is 10.3. The molecule has 0 aliphatic heterocycles. The summed E-state index contributed by atoms with van der Waals surface area (Å²) in [4.78, 5) is 10.3. The molecule has 0 aliphatic rings. The van der Waals surface area contributed by atoms with Crippen molar-refractivity contribution in [2.24, 2.45) is 0 Å². The van der Waals surface area contributed by atoms with Crippen molar-refractivity contribution in [3.8, 4) is 0 Å². The summed E-state index contributed by atoms with van der Waals surface area (Å²) in [5.41, 5.74) is 2.54. The molecule has 1 aromatic rings. The minimum Gasteiger partial charge on any atom is -0.381 e. The summed E-state index contributed by atoms with van der Waals surface area (Å²) in [5, 5.41) is 0. The molecule has 0 radical (unpaired) electrons. The first-order chi connectivity index (χ1) is 7.27. The van der Waals surface area contributed by atoms with E-state index in [2.05, 4.69) is 19.1 Å². The molecule has 0 spiro atoms. The highest BCUT2D eigenvalue weighted by Crippen LogP contribution is 2.13. The van der Waals surface area contributed by atoms with Crippen LogP contribution in [0.3, 0.4) is 0 Å². The molecule has 0 saturated carbocycles. The number of hydrogen-bond donors (Lipinski definition) is 0. The van der Waals surface area contributed by atoms with Gasteiger partial charge in [0, 0.05) is 13.5 Å². The van der Waals surface area contributed by atoms with Crippen LogP contribution in [-0.4, -0.2) is 19.5 Å². The second-order valence-electron chi connectivity index (χ2n) is 3.72. The summed E-state index contributed by atoms with van der Waals surface area (Å²) in [5.74, 6) is 0. The van der Waals surface area contributed by atoms with Crippen LogP contribution in [-0.2, 0) is 22.4 Å². The monoisotopic (exact) mass is 206 g/mol. The molecule has 0 bridgehead atoms. The average molecular weight is 206 g/mol. The minimum atomic E-state index is 0.224. The van der Waals surface area contributed by atoms with E-state index in [1.807, 2.05) is 12.1 Å². The van der Waals surface area contributed by atoms with Gasteiger partial charge in [-0.05, 0) is 30.9 Å². The lowest BCUT2D eigenvalue weighted by atomic mass is 9.99. The molecule has 0 heterocycles. The van der Waals surface area contributed by atoms with Crippen molar-refractivity contribution in [2.45, 2.75) is 32.3 Å². The van der Waals surface area contributed by atoms with Gasteiger partial charge in [0.15, 0.2) is 0 Å². The van der Waals surface area contributed by atoms with Crippen molar-refractivity contribution in [1.29, 1.82) is 0 Å². The summed E-state index contributed by atoms with van der Waals surface area (Å²) < 4.78 is 5.24. The first-order valence-corrected chi connectivity index (χ1v) is 5.31. The topological polar surface area (TPSA) is 26.3 Å². The van der Waals surface area contributed by atoms with Crippen molar-refractivity contribution in [2.75, 3.05) is 7.11 Å². The first kappa shape index (κ1) is 11.9. The molecule has 0 amide bonds. The average Bonchev–Trinajstić information content (AvgIpc) is 2.28. The Bertz CT molecular complexity index is 307. The second kappa shape index (κ2) is 6.36. The molecule has 1 atom stereocenters. The molecule has 1 unspecified atom stereocenters. The van der Waals surface area contributed by atoms with E-state index in [0.717, 1.165) is 19.1 Å². The van der Waals surface area contributed by atoms with Gasteiger partial charge in [0.25, 0.3) is 0 Å². The Hall–Kier alpha value is -1.15. The van der Waals surface area contributed by atoms with Gasteiger partial charge in [0.05, 0.1) is 6.10 Å². The number of carbonyl (C=O) groups excluding carboxylic acids is 1. The van der Waals surface area contributed by atoms with E-state index in [1.54, 1.807) is 7.11 Å². The Kier molecular flexibility index (Phi) is 5.05. The third kappa shape index (κ3) is 3.84. The van der Waals surface area contributed by atoms with E-state index >= 15 is 0 Å². The van der Waals surface area contributed by atoms with Crippen molar-refractivity contribution >= 4 is 6.29 Å². The van der Waals surface area contributed by atoms with E-state index in [9.17, 15) is 4.79 Å². The van der Waals surface area contributed by atoms with Crippen LogP contribution >= 0.6 is 0 Å². The van der Waals surface area contributed by atoms with Gasteiger partial charge in [-0.15, -0.1) is 0 Å². The Morgan fingerprint density at radius 3 is 2.60 bits per heavy atom. The van der Waals surface area contributed by atoms with Crippen LogP contribution in [0.25, 0.3) is 0 Å². The minimum absolute atomic E-state index is 0.224. The maximum absolute atomic E-state index is 10.3. The molecular weight excluding hydrogens is 188 g/mol. The fourth-order valence-electron chi connectivity index (χ4n) is 1.61. The van der Waals surface area contributed by atoms with Crippen molar-refractivity contribution in [3.05, 3.63) is 35.4 Å². The predicted molar refractivity (Wildman–Crippen MR) is 61.0 cm³/mol. The fourth-order valence-corrected chi connectivity index (χ4v) is 1.61. The van der Waals surface area contributed by atoms with Crippen LogP contribution in [0.1, 0.15) is 24.5 Å². The number of methoxy groups -OCH3 is 1. The van der Waals surface area contributed by atoms with Crippen molar-refractivity contribution in [1.82, 2.24) is 0 Å². The molecule has 15 heavy (non-hydrogen) atoms. The number of benzene rings is 1. The van der Waals surface area contributed by atoms with Gasteiger partial charge in [-0.3, -0.25) is 0 Å². The van der Waals surface area contributed by atoms with Crippen LogP contribution in [0.5, 0.6) is 0 Å². The van der Waals surface area contributed by atoms with Gasteiger partial charge < -0.3 is 9.53 Å². The van der Waals surface area contributed by atoms with E-state index in [-0.39, 0.29) is 6.10 Å². The van der Waals surface area contributed by atoms with Crippen molar-refractivity contribution in [3.63, 3.8) is 0 Å². The lowest BCUT2D eigenvalue weighted by molar-refractivity contribution is -0.107. The van der Waals surface area contributed by atoms with Crippen molar-refractivity contribution < 1.29 is 9.53 Å². The summed E-state index contributed by atoms with van der Waals surface area (Å²) in [7, 11) is 1.72. The van der Waals surface area contributed by atoms with Gasteiger partial charge >= 0.3 is 0 Å². The zero-order valence-corrected chi connectivity index (χ0v) is 9.40. The zero-order valence-electron chi connectivity index (χ0n) is 9.40. The van der Waals surface area contributed by atoms with Gasteiger partial charge in [-0.25, -0.2) is 0 Å². The molecule has 1 rings (SSSR count). The molecular formula is C13H18O2. The lowest BCUT2D eigenvalue weighted by Crippen LogP contribution is -2.10. The summed E-state index contributed by atoms with van der Waals surface area (Å²) in [6, 6.07) is 8.24. The van der Waals surface area contributed by atoms with E-state index in [4.69, 9.17) is 4.74 Å². The Labute approximate surface area is 91.3 Å². The normalized spacial score (nSPS) is 12.4. The molecule has 0 saturated heterocycles. The second-order valence-corrected chi connectivity index (χ2v) is 3.72. The number of carbonyl (C=O) groups is 1. The molecule has 0 fully saturated rings. The quantitative estimate of drug-likeness (QED) is 0.668. The van der Waals surface area contributed by atoms with Crippen LogP contribution in [0.4, 0.5) is 0 Å². The molecule has 82 valence electrons. The van der Waals surface area contributed by atoms with E-state index in [0.29, 0.717) is 6.42 Å². The van der Waals surface area contributed by atoms with Crippen LogP contribution in [0, 0.1) is 0 Å². The summed E-state index contributed by atoms with van der Waals surface area (Å²) in [6.45, 7) is 2.05. The van der Waals surface area contributed by atoms with E-state index in [1.165, 1.54) is 11.1 Å². The standard InChI is InChI=1S/C13H18O2/c1-11(15-2)10-13-7-4-3-6-12(13)8-5-9-14/h3-4,6-7,9,11H,5,8,10H2,1-2H3. The van der Waals surface area contributed by atoms with Gasteiger partial charge in [0.1, 0.15) is 6.29 Å². The molecule has 0 aromatic heterocycles. The number of hydrogen-bond acceptors (Lipinski definition) is 2. The van der Waals surface area contributed by atoms with Crippen LogP contribution < -0.4 is 0 Å². The molecule has 2 nitrogen and oxygen atoms in total. The highest BCUT2D eigenvalue weighted by atomic mass is 16.5. The van der Waals surface area contributed by atoms with Gasteiger partial charge in [0.2, 0.25) is 0 Å². The molecule has 0 N–H and O–H groups in total. The Balaban J connectivity index is 2.71. The summed E-state index contributed by atoms with van der Waals surface area (Å²) in [6.07, 6.45) is 3.53. The largest absolute Gasteiger partial charge is 0.381 e. The molecule has 1 aromatic carbocycles. The fraction of sp³-hybridized carbons (Fsp3) is 0.462. The Morgan fingerprint density at radius 1 is 1.33 bits per heavy atom. The number of aryl methyl sites for hydroxylation is 1. The first-order valence-electron chi connectivity index (χ1n) is 5.31. The molecule has 2 heteroatoms. The zero-order chi connectivity index (χ0) is 11.1. The smallest absolute Gasteiger partial charge is 0.120 e. The van der Waals surface area contributed by atoms with Gasteiger partial charge in [-0.2, -0.15) is 0 Å². The SMILES string of the molecule is COC(C)Cc1ccccc1CCC=O. The highest BCUT2D eigenvalue weighted by Gasteiger charge is 2.05. The third-order valence-corrected chi connectivity index (χ3v) is 2.56. The number of aldehydes is 1. The predicted octanol–water partition coefficient (Wildman–Crippen LogP) is 2.40. The lowest BCUT2D eigenvalue weighted by Gasteiger charge is -2.12. The van der Waals surface area contributed by atoms with Crippen LogP contribution in [0.15, 0.2) is 24.3 Å².